The van der Waals surface area contributed by atoms with Crippen LogP contribution < -0.4 is 0 Å². The van der Waals surface area contributed by atoms with Crippen LogP contribution in [0, 0.1) is 0 Å². The van der Waals surface area contributed by atoms with Crippen molar-refractivity contribution in [1.82, 2.24) is 0 Å². The third kappa shape index (κ3) is 2.64. The molecule has 1 aliphatic rings. The molecule has 0 radical (unpaired) electrons. The predicted octanol–water partition coefficient (Wildman–Crippen LogP) is 4.75. The largest absolute Gasteiger partial charge is 0.481 e. The molecule has 2 nitrogen and oxygen atoms in total. The number of benzene rings is 1. The summed E-state index contributed by atoms with van der Waals surface area (Å²) in [6.07, 6.45) is 4.55. The summed E-state index contributed by atoms with van der Waals surface area (Å²) in [5, 5.41) is 10.4. The molecule has 2 rings (SSSR count). The molecule has 0 amide bonds. The molecule has 1 aromatic carbocycles. The molecular formula is C16H21ClO2. The molecular weight excluding hydrogens is 260 g/mol. The van der Waals surface area contributed by atoms with Crippen molar-refractivity contribution in [3.05, 3.63) is 34.3 Å². The van der Waals surface area contributed by atoms with Gasteiger partial charge in [0.2, 0.25) is 0 Å². The van der Waals surface area contributed by atoms with E-state index in [1.54, 1.807) is 0 Å². The van der Waals surface area contributed by atoms with E-state index in [2.05, 4.69) is 13.8 Å². The second-order valence-corrected chi connectivity index (χ2v) is 6.27. The number of aliphatic carboxylic acids is 1. The van der Waals surface area contributed by atoms with Gasteiger partial charge in [-0.25, -0.2) is 0 Å². The van der Waals surface area contributed by atoms with Crippen molar-refractivity contribution in [2.45, 2.75) is 57.3 Å². The molecule has 1 fully saturated rings. The van der Waals surface area contributed by atoms with Crippen LogP contribution in [0.2, 0.25) is 5.02 Å². The highest BCUT2D eigenvalue weighted by Gasteiger charge is 2.42. The van der Waals surface area contributed by atoms with E-state index in [0.717, 1.165) is 43.2 Å². The second kappa shape index (κ2) is 5.54. The fourth-order valence-corrected chi connectivity index (χ4v) is 3.37. The standard InChI is InChI=1S/C16H21ClO2/c1-11(2)13-7-6-12(17)10-14(13)16(15(18)19)8-4-3-5-9-16/h6-7,10-11H,3-5,8-9H2,1-2H3,(H,18,19). The van der Waals surface area contributed by atoms with Gasteiger partial charge in [0.25, 0.3) is 0 Å². The van der Waals surface area contributed by atoms with Crippen molar-refractivity contribution in [3.8, 4) is 0 Å². The maximum absolute atomic E-state index is 11.9. The van der Waals surface area contributed by atoms with E-state index in [9.17, 15) is 9.90 Å². The Bertz CT molecular complexity index is 474. The molecule has 0 heterocycles. The van der Waals surface area contributed by atoms with Crippen molar-refractivity contribution >= 4 is 17.6 Å². The van der Waals surface area contributed by atoms with Crippen LogP contribution >= 0.6 is 11.6 Å². The molecule has 1 N–H and O–H groups in total. The minimum Gasteiger partial charge on any atom is -0.481 e. The lowest BCUT2D eigenvalue weighted by molar-refractivity contribution is -0.145. The first kappa shape index (κ1) is 14.4. The quantitative estimate of drug-likeness (QED) is 0.867. The van der Waals surface area contributed by atoms with E-state index in [0.29, 0.717) is 10.9 Å². The minimum atomic E-state index is -0.733. The van der Waals surface area contributed by atoms with Crippen LogP contribution in [-0.2, 0) is 10.2 Å². The van der Waals surface area contributed by atoms with Crippen LogP contribution in [0.4, 0.5) is 0 Å². The SMILES string of the molecule is CC(C)c1ccc(Cl)cc1C1(C(=O)O)CCCCC1. The summed E-state index contributed by atoms with van der Waals surface area (Å²) in [5.74, 6) is -0.387. The molecule has 1 aromatic rings. The lowest BCUT2D eigenvalue weighted by atomic mass is 9.67. The Morgan fingerprint density at radius 1 is 1.26 bits per heavy atom. The highest BCUT2D eigenvalue weighted by atomic mass is 35.5. The summed E-state index contributed by atoms with van der Waals surface area (Å²) >= 11 is 6.11. The van der Waals surface area contributed by atoms with Gasteiger partial charge < -0.3 is 5.11 Å². The van der Waals surface area contributed by atoms with E-state index in [4.69, 9.17) is 11.6 Å². The van der Waals surface area contributed by atoms with E-state index in [1.807, 2.05) is 18.2 Å². The molecule has 0 atom stereocenters. The van der Waals surface area contributed by atoms with Crippen LogP contribution in [0.25, 0.3) is 0 Å². The van der Waals surface area contributed by atoms with Gasteiger partial charge in [-0.1, -0.05) is 50.8 Å². The van der Waals surface area contributed by atoms with Crippen molar-refractivity contribution in [3.63, 3.8) is 0 Å². The molecule has 1 aliphatic carbocycles. The minimum absolute atomic E-state index is 0.311. The average molecular weight is 281 g/mol. The summed E-state index contributed by atoms with van der Waals surface area (Å²) in [5.41, 5.74) is 1.32. The number of carboxylic acid groups (broad SMARTS) is 1. The van der Waals surface area contributed by atoms with E-state index in [-0.39, 0.29) is 0 Å². The number of hydrogen-bond donors (Lipinski definition) is 1. The maximum atomic E-state index is 11.9. The van der Waals surface area contributed by atoms with Crippen molar-refractivity contribution in [2.75, 3.05) is 0 Å². The Morgan fingerprint density at radius 3 is 2.42 bits per heavy atom. The predicted molar refractivity (Wildman–Crippen MR) is 77.9 cm³/mol. The lowest BCUT2D eigenvalue weighted by Crippen LogP contribution is -2.38. The molecule has 0 saturated heterocycles. The number of halogens is 1. The summed E-state index contributed by atoms with van der Waals surface area (Å²) in [6.45, 7) is 4.20. The highest BCUT2D eigenvalue weighted by Crippen LogP contribution is 2.43. The molecule has 0 unspecified atom stereocenters. The summed E-state index contributed by atoms with van der Waals surface area (Å²) in [4.78, 5) is 11.9. The first-order valence-electron chi connectivity index (χ1n) is 7.01. The monoisotopic (exact) mass is 280 g/mol. The zero-order valence-electron chi connectivity index (χ0n) is 11.6. The Kier molecular flexibility index (Phi) is 4.19. The van der Waals surface area contributed by atoms with Gasteiger partial charge in [-0.3, -0.25) is 4.79 Å². The molecule has 0 spiro atoms. The molecule has 19 heavy (non-hydrogen) atoms. The van der Waals surface area contributed by atoms with Gasteiger partial charge in [-0.15, -0.1) is 0 Å². The van der Waals surface area contributed by atoms with Crippen LogP contribution in [0.1, 0.15) is 63.0 Å². The maximum Gasteiger partial charge on any atom is 0.314 e. The molecule has 104 valence electrons. The normalized spacial score (nSPS) is 18.5. The first-order valence-corrected chi connectivity index (χ1v) is 7.38. The van der Waals surface area contributed by atoms with E-state index in [1.165, 1.54) is 0 Å². The number of carbonyl (C=O) groups is 1. The molecule has 0 aromatic heterocycles. The Balaban J connectivity index is 2.58. The Hall–Kier alpha value is -1.02. The second-order valence-electron chi connectivity index (χ2n) is 5.83. The van der Waals surface area contributed by atoms with Crippen molar-refractivity contribution < 1.29 is 9.90 Å². The highest BCUT2D eigenvalue weighted by molar-refractivity contribution is 6.30. The first-order chi connectivity index (χ1) is 8.97. The molecule has 3 heteroatoms. The zero-order valence-corrected chi connectivity index (χ0v) is 12.3. The van der Waals surface area contributed by atoms with Crippen LogP contribution in [-0.4, -0.2) is 11.1 Å². The van der Waals surface area contributed by atoms with Gasteiger partial charge >= 0.3 is 5.97 Å². The van der Waals surface area contributed by atoms with Crippen molar-refractivity contribution in [1.29, 1.82) is 0 Å². The van der Waals surface area contributed by atoms with Gasteiger partial charge in [0.1, 0.15) is 0 Å². The van der Waals surface area contributed by atoms with Crippen molar-refractivity contribution in [2.24, 2.45) is 0 Å². The number of hydrogen-bond acceptors (Lipinski definition) is 1. The van der Waals surface area contributed by atoms with Gasteiger partial charge in [-0.2, -0.15) is 0 Å². The average Bonchev–Trinajstić information content (AvgIpc) is 2.38. The van der Waals surface area contributed by atoms with Gasteiger partial charge in [0, 0.05) is 5.02 Å². The third-order valence-corrected chi connectivity index (χ3v) is 4.50. The van der Waals surface area contributed by atoms with E-state index >= 15 is 0 Å². The molecule has 0 bridgehead atoms. The topological polar surface area (TPSA) is 37.3 Å². The number of rotatable bonds is 3. The summed E-state index contributed by atoms with van der Waals surface area (Å²) in [6, 6.07) is 5.72. The van der Waals surface area contributed by atoms with Gasteiger partial charge in [0.05, 0.1) is 5.41 Å². The zero-order chi connectivity index (χ0) is 14.0. The third-order valence-electron chi connectivity index (χ3n) is 4.27. The fraction of sp³-hybridized carbons (Fsp3) is 0.562. The molecule has 1 saturated carbocycles. The Labute approximate surface area is 119 Å². The number of carboxylic acids is 1. The van der Waals surface area contributed by atoms with Crippen LogP contribution in [0.15, 0.2) is 18.2 Å². The van der Waals surface area contributed by atoms with Crippen LogP contribution in [0.5, 0.6) is 0 Å². The fourth-order valence-electron chi connectivity index (χ4n) is 3.20. The molecule has 0 aliphatic heterocycles. The summed E-state index contributed by atoms with van der Waals surface area (Å²) in [7, 11) is 0. The van der Waals surface area contributed by atoms with Gasteiger partial charge in [0.15, 0.2) is 0 Å². The summed E-state index contributed by atoms with van der Waals surface area (Å²) < 4.78 is 0. The Morgan fingerprint density at radius 2 is 1.89 bits per heavy atom. The van der Waals surface area contributed by atoms with E-state index < -0.39 is 11.4 Å². The van der Waals surface area contributed by atoms with Gasteiger partial charge in [-0.05, 0) is 42.0 Å². The van der Waals surface area contributed by atoms with Crippen LogP contribution in [0.3, 0.4) is 0 Å². The smallest absolute Gasteiger partial charge is 0.314 e. The lowest BCUT2D eigenvalue weighted by Gasteiger charge is -2.36.